The number of hydrogen-bond acceptors (Lipinski definition) is 4. The minimum atomic E-state index is -0.591. The van der Waals surface area contributed by atoms with Gasteiger partial charge in [0.05, 0.1) is 0 Å². The molecule has 27 heavy (non-hydrogen) atoms. The summed E-state index contributed by atoms with van der Waals surface area (Å²) in [5.74, 6) is 0.854. The third-order valence-electron chi connectivity index (χ3n) is 3.86. The Kier molecular flexibility index (Phi) is 6.23. The predicted octanol–water partition coefficient (Wildman–Crippen LogP) is 3.32. The second-order valence-electron chi connectivity index (χ2n) is 5.86. The van der Waals surface area contributed by atoms with E-state index >= 15 is 0 Å². The molecule has 6 heteroatoms. The van der Waals surface area contributed by atoms with Gasteiger partial charge in [0, 0.05) is 0 Å². The van der Waals surface area contributed by atoms with Crippen LogP contribution in [0.25, 0.3) is 0 Å². The Balaban J connectivity index is 1.83. The Morgan fingerprint density at radius 2 is 1.74 bits per heavy atom. The first-order valence-corrected chi connectivity index (χ1v) is 10.6. The second-order valence-corrected chi connectivity index (χ2v) is 9.04. The molecule has 3 aromatic rings. The van der Waals surface area contributed by atoms with Gasteiger partial charge in [-0.2, -0.15) is 0 Å². The number of nitro groups is 1. The van der Waals surface area contributed by atoms with E-state index in [1.807, 2.05) is 24.3 Å². The average molecular weight is 474 g/mol. The van der Waals surface area contributed by atoms with E-state index in [0.29, 0.717) is 0 Å². The molecule has 3 aromatic carbocycles. The van der Waals surface area contributed by atoms with Crippen LogP contribution in [0.4, 0.5) is 11.4 Å². The third-order valence-corrected chi connectivity index (χ3v) is 6.87. The summed E-state index contributed by atoms with van der Waals surface area (Å²) >= 11 is -0.591. The summed E-state index contributed by atoms with van der Waals surface area (Å²) in [6, 6.07) is 20.8. The molecule has 3 rings (SSSR count). The number of nitrogens with zero attached hydrogens (tertiary/aromatic N) is 2. The molecule has 0 bridgehead atoms. The van der Waals surface area contributed by atoms with Gasteiger partial charge in [0.15, 0.2) is 0 Å². The monoisotopic (exact) mass is 476 g/mol. The van der Waals surface area contributed by atoms with E-state index in [9.17, 15) is 10.1 Å². The van der Waals surface area contributed by atoms with E-state index in [-0.39, 0.29) is 5.69 Å². The van der Waals surface area contributed by atoms with Crippen LogP contribution in [0.3, 0.4) is 0 Å². The zero-order valence-electron chi connectivity index (χ0n) is 15.0. The maximum absolute atomic E-state index is 10.8. The molecule has 0 unspecified atom stereocenters. The average Bonchev–Trinajstić information content (AvgIpc) is 2.68. The van der Waals surface area contributed by atoms with Gasteiger partial charge >= 0.3 is 168 Å². The molecule has 0 saturated heterocycles. The molecular formula is C21H18N2O3Te. The van der Waals surface area contributed by atoms with Crippen LogP contribution in [0.1, 0.15) is 11.1 Å². The number of aliphatic imine (C=N–C) groups is 1. The normalized spacial score (nSPS) is 10.9. The number of methoxy groups -OCH3 is 1. The second kappa shape index (κ2) is 8.81. The summed E-state index contributed by atoms with van der Waals surface area (Å²) in [4.78, 5) is 15.0. The van der Waals surface area contributed by atoms with Crippen molar-refractivity contribution in [2.75, 3.05) is 7.11 Å². The van der Waals surface area contributed by atoms with Crippen molar-refractivity contribution in [3.05, 3.63) is 88.0 Å². The Morgan fingerprint density at radius 1 is 1.04 bits per heavy atom. The number of benzene rings is 3. The molecule has 0 heterocycles. The van der Waals surface area contributed by atoms with E-state index in [4.69, 9.17) is 4.74 Å². The molecular weight excluding hydrogens is 456 g/mol. The van der Waals surface area contributed by atoms with Crippen LogP contribution >= 0.6 is 0 Å². The minimum absolute atomic E-state index is 0.0783. The van der Waals surface area contributed by atoms with E-state index in [1.165, 1.54) is 24.9 Å². The van der Waals surface area contributed by atoms with Crippen LogP contribution in [0.5, 0.6) is 5.75 Å². The maximum atomic E-state index is 10.8. The first-order chi connectivity index (χ1) is 13.0. The zero-order chi connectivity index (χ0) is 19.2. The van der Waals surface area contributed by atoms with Gasteiger partial charge in [0.1, 0.15) is 0 Å². The van der Waals surface area contributed by atoms with Crippen LogP contribution in [0, 0.1) is 17.0 Å². The molecule has 0 fully saturated rings. The Hall–Kier alpha value is -2.68. The Morgan fingerprint density at radius 3 is 2.37 bits per heavy atom. The molecule has 0 aliphatic heterocycles. The van der Waals surface area contributed by atoms with Crippen molar-refractivity contribution in [1.82, 2.24) is 0 Å². The van der Waals surface area contributed by atoms with Gasteiger partial charge < -0.3 is 0 Å². The standard InChI is InChI=1S/C21H18N2O3Te/c1-15-3-12-20(22-14-16-4-6-17(7-5-16)23(24)25)21(13-15)27-19-10-8-18(26-2)9-11-19/h3-14H,1-2H3. The van der Waals surface area contributed by atoms with E-state index in [0.717, 1.165) is 17.0 Å². The van der Waals surface area contributed by atoms with E-state index in [1.54, 1.807) is 25.5 Å². The quantitative estimate of drug-likeness (QED) is 0.239. The number of ether oxygens (including phenoxy) is 1. The van der Waals surface area contributed by atoms with Crippen molar-refractivity contribution in [2.24, 2.45) is 4.99 Å². The van der Waals surface area contributed by atoms with Crippen LogP contribution in [0.15, 0.2) is 71.7 Å². The van der Waals surface area contributed by atoms with Gasteiger partial charge in [-0.15, -0.1) is 0 Å². The molecule has 0 aliphatic carbocycles. The molecule has 0 saturated carbocycles. The molecule has 5 nitrogen and oxygen atoms in total. The van der Waals surface area contributed by atoms with Gasteiger partial charge in [-0.1, -0.05) is 0 Å². The van der Waals surface area contributed by atoms with Crippen molar-refractivity contribution in [1.29, 1.82) is 0 Å². The van der Waals surface area contributed by atoms with E-state index in [2.05, 4.69) is 30.1 Å². The molecule has 136 valence electrons. The summed E-state index contributed by atoms with van der Waals surface area (Å²) in [6.07, 6.45) is 1.75. The molecule has 0 amide bonds. The first-order valence-electron chi connectivity index (χ1n) is 8.26. The summed E-state index contributed by atoms with van der Waals surface area (Å²) in [5, 5.41) is 10.8. The van der Waals surface area contributed by atoms with Gasteiger partial charge in [-0.3, -0.25) is 0 Å². The summed E-state index contributed by atoms with van der Waals surface area (Å²) in [6.45, 7) is 2.08. The van der Waals surface area contributed by atoms with Gasteiger partial charge in [-0.25, -0.2) is 0 Å². The fourth-order valence-electron chi connectivity index (χ4n) is 2.41. The fraction of sp³-hybridized carbons (Fsp3) is 0.0952. The molecule has 0 atom stereocenters. The van der Waals surface area contributed by atoms with Crippen molar-refractivity contribution in [3.63, 3.8) is 0 Å². The van der Waals surface area contributed by atoms with Crippen LogP contribution in [-0.4, -0.2) is 39.2 Å². The molecule has 0 N–H and O–H groups in total. The summed E-state index contributed by atoms with van der Waals surface area (Å²) in [5.41, 5.74) is 3.06. The van der Waals surface area contributed by atoms with E-state index < -0.39 is 25.8 Å². The van der Waals surface area contributed by atoms with Crippen molar-refractivity contribution < 1.29 is 9.66 Å². The topological polar surface area (TPSA) is 64.7 Å². The number of hydrogen-bond donors (Lipinski definition) is 0. The number of rotatable bonds is 6. The summed E-state index contributed by atoms with van der Waals surface area (Å²) in [7, 11) is 1.66. The predicted molar refractivity (Wildman–Crippen MR) is 110 cm³/mol. The first kappa shape index (κ1) is 19.1. The SMILES string of the molecule is COc1ccc([Te]c2cc(C)ccc2N=Cc2ccc([N+](=O)[O-])cc2)cc1. The van der Waals surface area contributed by atoms with Crippen LogP contribution < -0.4 is 12.0 Å². The van der Waals surface area contributed by atoms with Crippen molar-refractivity contribution in [3.8, 4) is 5.75 Å². The van der Waals surface area contributed by atoms with Gasteiger partial charge in [0.2, 0.25) is 0 Å². The Bertz CT molecular complexity index is 968. The number of non-ortho nitro benzene ring substituents is 1. The van der Waals surface area contributed by atoms with Crippen molar-refractivity contribution >= 4 is 45.7 Å². The fourth-order valence-corrected chi connectivity index (χ4v) is 5.25. The molecule has 0 radical (unpaired) electrons. The molecule has 0 spiro atoms. The van der Waals surface area contributed by atoms with Crippen LogP contribution in [0.2, 0.25) is 0 Å². The van der Waals surface area contributed by atoms with Crippen molar-refractivity contribution in [2.45, 2.75) is 6.92 Å². The van der Waals surface area contributed by atoms with Crippen LogP contribution in [-0.2, 0) is 0 Å². The molecule has 0 aromatic heterocycles. The molecule has 0 aliphatic rings. The van der Waals surface area contributed by atoms with Gasteiger partial charge in [-0.05, 0) is 0 Å². The third kappa shape index (κ3) is 5.16. The number of nitro benzene ring substituents is 1. The van der Waals surface area contributed by atoms with Gasteiger partial charge in [0.25, 0.3) is 0 Å². The summed E-state index contributed by atoms with van der Waals surface area (Å²) < 4.78 is 7.78. The Labute approximate surface area is 168 Å². The zero-order valence-corrected chi connectivity index (χ0v) is 17.3. The number of aryl methyl sites for hydroxylation is 1.